The van der Waals surface area contributed by atoms with E-state index in [2.05, 4.69) is 64.0 Å². The molecular weight excluding hydrogens is 398 g/mol. The van der Waals surface area contributed by atoms with Gasteiger partial charge in [-0.15, -0.1) is 0 Å². The lowest BCUT2D eigenvalue weighted by Gasteiger charge is -2.15. The van der Waals surface area contributed by atoms with Crippen molar-refractivity contribution in [3.63, 3.8) is 0 Å². The van der Waals surface area contributed by atoms with E-state index in [4.69, 9.17) is 5.10 Å². The molecule has 164 valence electrons. The Morgan fingerprint density at radius 3 is 2.34 bits per heavy atom. The maximum atomic E-state index is 4.73. The van der Waals surface area contributed by atoms with Crippen LogP contribution in [0.2, 0.25) is 0 Å². The predicted octanol–water partition coefficient (Wildman–Crippen LogP) is 3.60. The fraction of sp³-hybridized carbons (Fsp3) is 0.240. The summed E-state index contributed by atoms with van der Waals surface area (Å²) in [4.78, 5) is 4.40. The number of nitrogens with one attached hydrogen (secondary N) is 2. The molecule has 0 saturated heterocycles. The van der Waals surface area contributed by atoms with E-state index in [1.807, 2.05) is 46.7 Å². The second-order valence-corrected chi connectivity index (χ2v) is 7.65. The zero-order valence-corrected chi connectivity index (χ0v) is 18.8. The molecule has 2 aromatic heterocycles. The summed E-state index contributed by atoms with van der Waals surface area (Å²) >= 11 is 0. The minimum atomic E-state index is 0.652. The summed E-state index contributed by atoms with van der Waals surface area (Å²) in [5, 5.41) is 15.9. The normalized spacial score (nSPS) is 11.5. The summed E-state index contributed by atoms with van der Waals surface area (Å²) in [6.07, 6.45) is 3.78. The van der Waals surface area contributed by atoms with E-state index >= 15 is 0 Å². The Morgan fingerprint density at radius 2 is 1.62 bits per heavy atom. The Bertz CT molecular complexity index is 1170. The molecule has 2 N–H and O–H groups in total. The Labute approximate surface area is 188 Å². The van der Waals surface area contributed by atoms with E-state index in [0.717, 1.165) is 29.6 Å². The maximum Gasteiger partial charge on any atom is 0.191 e. The molecule has 0 aliphatic rings. The molecule has 32 heavy (non-hydrogen) atoms. The Balaban J connectivity index is 1.40. The molecule has 0 unspecified atom stereocenters. The van der Waals surface area contributed by atoms with Crippen LogP contribution in [0.15, 0.2) is 78.0 Å². The van der Waals surface area contributed by atoms with Crippen LogP contribution in [0, 0.1) is 13.8 Å². The van der Waals surface area contributed by atoms with Crippen LogP contribution >= 0.6 is 0 Å². The van der Waals surface area contributed by atoms with Gasteiger partial charge in [-0.2, -0.15) is 10.2 Å². The summed E-state index contributed by atoms with van der Waals surface area (Å²) in [5.41, 5.74) is 6.83. The van der Waals surface area contributed by atoms with Crippen molar-refractivity contribution in [2.24, 2.45) is 4.99 Å². The number of rotatable bonds is 7. The zero-order chi connectivity index (χ0) is 22.3. The minimum absolute atomic E-state index is 0.652. The summed E-state index contributed by atoms with van der Waals surface area (Å²) in [5.74, 6) is 0.755. The number of hydrogen-bond acceptors (Lipinski definition) is 3. The Hall–Kier alpha value is -3.87. The lowest BCUT2D eigenvalue weighted by molar-refractivity contribution is 0.677. The molecule has 0 bridgehead atoms. The summed E-state index contributed by atoms with van der Waals surface area (Å²) in [7, 11) is 1.79. The third kappa shape index (κ3) is 4.88. The van der Waals surface area contributed by atoms with E-state index in [-0.39, 0.29) is 0 Å². The fourth-order valence-electron chi connectivity index (χ4n) is 3.78. The van der Waals surface area contributed by atoms with Crippen molar-refractivity contribution in [1.82, 2.24) is 30.2 Å². The molecule has 0 amide bonds. The number of benzene rings is 2. The van der Waals surface area contributed by atoms with Crippen molar-refractivity contribution in [2.45, 2.75) is 33.5 Å². The van der Waals surface area contributed by atoms with Gasteiger partial charge in [0, 0.05) is 43.8 Å². The van der Waals surface area contributed by atoms with Gasteiger partial charge in [-0.3, -0.25) is 9.67 Å². The number of aryl methyl sites for hydroxylation is 1. The van der Waals surface area contributed by atoms with Crippen LogP contribution < -0.4 is 10.6 Å². The molecular formula is C25H29N7. The van der Waals surface area contributed by atoms with Crippen molar-refractivity contribution < 1.29 is 0 Å². The highest BCUT2D eigenvalue weighted by molar-refractivity contribution is 5.79. The number of nitrogens with zero attached hydrogens (tertiary/aromatic N) is 5. The molecule has 4 rings (SSSR count). The van der Waals surface area contributed by atoms with E-state index in [1.165, 1.54) is 16.7 Å². The van der Waals surface area contributed by atoms with E-state index in [1.54, 1.807) is 13.2 Å². The number of guanidine groups is 1. The van der Waals surface area contributed by atoms with Gasteiger partial charge < -0.3 is 10.6 Å². The molecule has 0 saturated carbocycles. The highest BCUT2D eigenvalue weighted by Gasteiger charge is 2.13. The first-order valence-electron chi connectivity index (χ1n) is 10.7. The lowest BCUT2D eigenvalue weighted by atomic mass is 10.1. The first-order chi connectivity index (χ1) is 15.7. The summed E-state index contributed by atoms with van der Waals surface area (Å²) < 4.78 is 3.93. The molecule has 0 atom stereocenters. The Morgan fingerprint density at radius 1 is 0.906 bits per heavy atom. The average molecular weight is 428 g/mol. The van der Waals surface area contributed by atoms with Gasteiger partial charge in [-0.1, -0.05) is 42.5 Å². The maximum absolute atomic E-state index is 4.73. The standard InChI is InChI=1S/C25H29N7/c1-19-24(20(2)32(30-19)23-12-5-4-6-13-23)17-28-25(26-3)27-16-21-10-7-8-11-22(21)18-31-15-9-14-29-31/h4-15H,16-18H2,1-3H3,(H2,26,27,28). The SMILES string of the molecule is CN=C(NCc1ccccc1Cn1cccn1)NCc1c(C)nn(-c2ccccc2)c1C. The van der Waals surface area contributed by atoms with E-state index in [9.17, 15) is 0 Å². The van der Waals surface area contributed by atoms with Crippen LogP contribution in [0.25, 0.3) is 5.69 Å². The average Bonchev–Trinajstić information content (AvgIpc) is 3.43. The van der Waals surface area contributed by atoms with Gasteiger partial charge in [0.1, 0.15) is 0 Å². The van der Waals surface area contributed by atoms with Gasteiger partial charge in [-0.25, -0.2) is 4.68 Å². The van der Waals surface area contributed by atoms with E-state index < -0.39 is 0 Å². The molecule has 0 spiro atoms. The molecule has 7 nitrogen and oxygen atoms in total. The number of aliphatic imine (C=N–C) groups is 1. The van der Waals surface area contributed by atoms with Crippen LogP contribution in [0.3, 0.4) is 0 Å². The smallest absolute Gasteiger partial charge is 0.191 e. The fourth-order valence-corrected chi connectivity index (χ4v) is 3.78. The quantitative estimate of drug-likeness (QED) is 0.349. The lowest BCUT2D eigenvalue weighted by Crippen LogP contribution is -2.36. The molecule has 2 aromatic carbocycles. The van der Waals surface area contributed by atoms with Crippen LogP contribution in [0.1, 0.15) is 28.1 Å². The van der Waals surface area contributed by atoms with Crippen molar-refractivity contribution in [3.8, 4) is 5.69 Å². The van der Waals surface area contributed by atoms with Crippen LogP contribution in [0.4, 0.5) is 0 Å². The highest BCUT2D eigenvalue weighted by Crippen LogP contribution is 2.17. The molecule has 4 aromatic rings. The summed E-state index contributed by atoms with van der Waals surface area (Å²) in [6, 6.07) is 20.5. The summed E-state index contributed by atoms with van der Waals surface area (Å²) in [6.45, 7) is 6.22. The number of aromatic nitrogens is 4. The van der Waals surface area contributed by atoms with Gasteiger partial charge in [0.2, 0.25) is 0 Å². The third-order valence-corrected chi connectivity index (χ3v) is 5.55. The highest BCUT2D eigenvalue weighted by atomic mass is 15.3. The third-order valence-electron chi connectivity index (χ3n) is 5.55. The first kappa shape index (κ1) is 21.4. The van der Waals surface area contributed by atoms with Crippen LogP contribution in [-0.4, -0.2) is 32.6 Å². The van der Waals surface area contributed by atoms with Gasteiger partial charge in [-0.05, 0) is 43.2 Å². The molecule has 0 fully saturated rings. The van der Waals surface area contributed by atoms with Crippen molar-refractivity contribution in [2.75, 3.05) is 7.05 Å². The number of hydrogen-bond donors (Lipinski definition) is 2. The monoisotopic (exact) mass is 427 g/mol. The van der Waals surface area contributed by atoms with Crippen LogP contribution in [-0.2, 0) is 19.6 Å². The van der Waals surface area contributed by atoms with E-state index in [0.29, 0.717) is 13.1 Å². The Kier molecular flexibility index (Phi) is 6.65. The molecule has 7 heteroatoms. The van der Waals surface area contributed by atoms with Gasteiger partial charge in [0.15, 0.2) is 5.96 Å². The second kappa shape index (κ2) is 9.96. The molecule has 0 radical (unpaired) electrons. The van der Waals surface area contributed by atoms with Crippen LogP contribution in [0.5, 0.6) is 0 Å². The van der Waals surface area contributed by atoms with Crippen molar-refractivity contribution in [1.29, 1.82) is 0 Å². The van der Waals surface area contributed by atoms with Crippen molar-refractivity contribution in [3.05, 3.63) is 101 Å². The zero-order valence-electron chi connectivity index (χ0n) is 18.8. The number of para-hydroxylation sites is 1. The van der Waals surface area contributed by atoms with Gasteiger partial charge >= 0.3 is 0 Å². The van der Waals surface area contributed by atoms with Gasteiger partial charge in [0.25, 0.3) is 0 Å². The molecule has 0 aliphatic carbocycles. The predicted molar refractivity (Wildman–Crippen MR) is 128 cm³/mol. The van der Waals surface area contributed by atoms with Gasteiger partial charge in [0.05, 0.1) is 17.9 Å². The molecule has 2 heterocycles. The second-order valence-electron chi connectivity index (χ2n) is 7.65. The molecule has 0 aliphatic heterocycles. The largest absolute Gasteiger partial charge is 0.352 e. The van der Waals surface area contributed by atoms with Crippen molar-refractivity contribution >= 4 is 5.96 Å². The topological polar surface area (TPSA) is 72.1 Å². The minimum Gasteiger partial charge on any atom is -0.352 e. The first-order valence-corrected chi connectivity index (χ1v) is 10.7.